The van der Waals surface area contributed by atoms with Gasteiger partial charge in [0.05, 0.1) is 23.8 Å². The van der Waals surface area contributed by atoms with Gasteiger partial charge in [0.1, 0.15) is 29.7 Å². The van der Waals surface area contributed by atoms with Gasteiger partial charge in [0.25, 0.3) is 0 Å². The highest BCUT2D eigenvalue weighted by atomic mass is 79.9. The summed E-state index contributed by atoms with van der Waals surface area (Å²) in [7, 11) is 0. The lowest BCUT2D eigenvalue weighted by Crippen LogP contribution is -2.21. The third-order valence-electron chi connectivity index (χ3n) is 5.91. The second kappa shape index (κ2) is 10.2. The number of ether oxygens (including phenoxy) is 3. The first-order valence-electron chi connectivity index (χ1n) is 11.4. The Morgan fingerprint density at radius 2 is 1.86 bits per heavy atom. The van der Waals surface area contributed by atoms with Crippen molar-refractivity contribution >= 4 is 15.9 Å². The monoisotopic (exact) mass is 542 g/mol. The number of halogens is 1. The Kier molecular flexibility index (Phi) is 6.65. The Bertz CT molecular complexity index is 1460. The molecule has 7 nitrogen and oxygen atoms in total. The molecule has 0 spiro atoms. The Labute approximate surface area is 217 Å². The van der Waals surface area contributed by atoms with Crippen LogP contribution in [0.3, 0.4) is 0 Å². The van der Waals surface area contributed by atoms with Crippen LogP contribution in [0.4, 0.5) is 0 Å². The second-order valence-corrected chi connectivity index (χ2v) is 9.07. The Morgan fingerprint density at radius 1 is 1.08 bits per heavy atom. The first kappa shape index (κ1) is 23.5. The second-order valence-electron chi connectivity index (χ2n) is 8.16. The molecule has 0 saturated carbocycles. The summed E-state index contributed by atoms with van der Waals surface area (Å²) < 4.78 is 18.5. The lowest BCUT2D eigenvalue weighted by molar-refractivity contribution is 0.301. The van der Waals surface area contributed by atoms with Crippen molar-refractivity contribution in [1.82, 2.24) is 10.2 Å². The molecule has 1 atom stereocenters. The molecule has 0 radical (unpaired) electrons. The Hall–Kier alpha value is -4.22. The van der Waals surface area contributed by atoms with E-state index in [4.69, 9.17) is 19.9 Å². The van der Waals surface area contributed by atoms with Gasteiger partial charge in [0, 0.05) is 15.6 Å². The van der Waals surface area contributed by atoms with Crippen molar-refractivity contribution in [3.63, 3.8) is 0 Å². The molecule has 1 aliphatic rings. The summed E-state index contributed by atoms with van der Waals surface area (Å²) in [6, 6.07) is 25.6. The number of allylic oxidation sites excluding steroid dienone is 1. The zero-order valence-corrected chi connectivity index (χ0v) is 21.1. The van der Waals surface area contributed by atoms with Crippen LogP contribution < -0.4 is 19.9 Å². The predicted molar refractivity (Wildman–Crippen MR) is 139 cm³/mol. The van der Waals surface area contributed by atoms with Crippen molar-refractivity contribution in [2.24, 2.45) is 5.73 Å². The summed E-state index contributed by atoms with van der Waals surface area (Å²) in [5.74, 6) is 1.21. The van der Waals surface area contributed by atoms with Gasteiger partial charge in [-0.15, -0.1) is 5.10 Å². The van der Waals surface area contributed by atoms with Crippen molar-refractivity contribution in [3.05, 3.63) is 105 Å². The minimum Gasteiger partial charge on any atom is -0.494 e. The van der Waals surface area contributed by atoms with Crippen LogP contribution in [0.1, 0.15) is 29.5 Å². The number of aromatic nitrogens is 2. The van der Waals surface area contributed by atoms with Gasteiger partial charge in [0.2, 0.25) is 11.8 Å². The summed E-state index contributed by atoms with van der Waals surface area (Å²) in [4.78, 5) is 0. The minimum atomic E-state index is -0.553. The van der Waals surface area contributed by atoms with E-state index in [1.54, 1.807) is 0 Å². The highest BCUT2D eigenvalue weighted by Crippen LogP contribution is 2.48. The average Bonchev–Trinajstić information content (AvgIpc) is 3.31. The van der Waals surface area contributed by atoms with Crippen molar-refractivity contribution in [3.8, 4) is 34.7 Å². The number of hydrogen-bond donors (Lipinski definition) is 2. The van der Waals surface area contributed by atoms with E-state index < -0.39 is 5.92 Å². The fraction of sp³-hybridized carbons (Fsp3) is 0.143. The van der Waals surface area contributed by atoms with Crippen molar-refractivity contribution < 1.29 is 14.2 Å². The molecule has 0 saturated heterocycles. The number of hydrogen-bond acceptors (Lipinski definition) is 6. The highest BCUT2D eigenvalue weighted by Gasteiger charge is 2.37. The third-order valence-corrected chi connectivity index (χ3v) is 6.41. The molecule has 1 aliphatic heterocycles. The van der Waals surface area contributed by atoms with Crippen LogP contribution in [-0.4, -0.2) is 16.8 Å². The van der Waals surface area contributed by atoms with Crippen molar-refractivity contribution in [1.29, 1.82) is 5.26 Å². The molecule has 180 valence electrons. The van der Waals surface area contributed by atoms with Gasteiger partial charge in [-0.3, -0.25) is 5.10 Å². The SMILES string of the molecule is CCOc1ccc(-c2[nH]nc3c2C(c2cc(Br)ccc2OCc2ccccc2)C(C#N)=C(N)O3)cc1. The van der Waals surface area contributed by atoms with Gasteiger partial charge in [-0.25, -0.2) is 0 Å². The molecule has 0 bridgehead atoms. The van der Waals surface area contributed by atoms with Gasteiger partial charge in [-0.1, -0.05) is 46.3 Å². The molecule has 3 N–H and O–H groups in total. The van der Waals surface area contributed by atoms with Gasteiger partial charge in [-0.05, 0) is 55.0 Å². The maximum Gasteiger partial charge on any atom is 0.244 e. The van der Waals surface area contributed by atoms with E-state index in [0.717, 1.165) is 32.6 Å². The topological polar surface area (TPSA) is 106 Å². The van der Waals surface area contributed by atoms with E-state index in [-0.39, 0.29) is 5.88 Å². The van der Waals surface area contributed by atoms with Crippen LogP contribution in [0.5, 0.6) is 17.4 Å². The Balaban J connectivity index is 1.62. The van der Waals surface area contributed by atoms with Crippen LogP contribution in [0.2, 0.25) is 0 Å². The van der Waals surface area contributed by atoms with Crippen LogP contribution in [0.25, 0.3) is 11.3 Å². The predicted octanol–water partition coefficient (Wildman–Crippen LogP) is 6.04. The van der Waals surface area contributed by atoms with Crippen LogP contribution in [0, 0.1) is 11.3 Å². The molecule has 8 heteroatoms. The molecule has 1 unspecified atom stereocenters. The molecule has 2 heterocycles. The number of nitriles is 1. The summed E-state index contributed by atoms with van der Waals surface area (Å²) in [5.41, 5.74) is 10.6. The largest absolute Gasteiger partial charge is 0.494 e. The summed E-state index contributed by atoms with van der Waals surface area (Å²) in [6.07, 6.45) is 0. The number of nitrogens with zero attached hydrogens (tertiary/aromatic N) is 2. The first-order valence-corrected chi connectivity index (χ1v) is 12.2. The summed E-state index contributed by atoms with van der Waals surface area (Å²) in [5, 5.41) is 17.6. The fourth-order valence-electron chi connectivity index (χ4n) is 4.27. The number of rotatable bonds is 7. The third kappa shape index (κ3) is 4.53. The molecule has 0 amide bonds. The minimum absolute atomic E-state index is 0.0220. The van der Waals surface area contributed by atoms with E-state index in [1.165, 1.54) is 0 Å². The zero-order valence-electron chi connectivity index (χ0n) is 19.5. The molecular weight excluding hydrogens is 520 g/mol. The van der Waals surface area contributed by atoms with Crippen LogP contribution in [-0.2, 0) is 6.61 Å². The maximum atomic E-state index is 10.1. The van der Waals surface area contributed by atoms with Crippen molar-refractivity contribution in [2.45, 2.75) is 19.4 Å². The van der Waals surface area contributed by atoms with Crippen molar-refractivity contribution in [2.75, 3.05) is 6.61 Å². The maximum absolute atomic E-state index is 10.1. The zero-order chi connectivity index (χ0) is 25.1. The number of benzene rings is 3. The molecule has 4 aromatic rings. The lowest BCUT2D eigenvalue weighted by Gasteiger charge is -2.26. The van der Waals surface area contributed by atoms with E-state index >= 15 is 0 Å². The number of fused-ring (bicyclic) bond motifs is 1. The number of nitrogens with two attached hydrogens (primary N) is 1. The lowest BCUT2D eigenvalue weighted by atomic mass is 9.82. The quantitative estimate of drug-likeness (QED) is 0.295. The Morgan fingerprint density at radius 3 is 2.58 bits per heavy atom. The van der Waals surface area contributed by atoms with Gasteiger partial charge < -0.3 is 19.9 Å². The number of aromatic amines is 1. The smallest absolute Gasteiger partial charge is 0.244 e. The number of H-pyrrole nitrogens is 1. The van der Waals surface area contributed by atoms with E-state index in [2.05, 4.69) is 32.2 Å². The van der Waals surface area contributed by atoms with E-state index in [9.17, 15) is 5.26 Å². The van der Waals surface area contributed by atoms with Gasteiger partial charge in [0.15, 0.2) is 0 Å². The standard InChI is InChI=1S/C28H23BrN4O3/c1-2-34-20-11-8-18(9-12-20)26-25-24(22(15-30)27(31)36-28(25)33-32-26)21-14-19(29)10-13-23(21)35-16-17-6-4-3-5-7-17/h3-14,24H,2,16,31H2,1H3,(H,32,33). The average molecular weight is 543 g/mol. The van der Waals surface area contributed by atoms with Crippen LogP contribution >= 0.6 is 15.9 Å². The normalized spacial score (nSPS) is 14.5. The molecular formula is C28H23BrN4O3. The molecule has 1 aromatic heterocycles. The van der Waals surface area contributed by atoms with E-state index in [1.807, 2.05) is 79.7 Å². The van der Waals surface area contributed by atoms with Gasteiger partial charge >= 0.3 is 0 Å². The first-order chi connectivity index (χ1) is 17.6. The highest BCUT2D eigenvalue weighted by molar-refractivity contribution is 9.10. The van der Waals surface area contributed by atoms with Gasteiger partial charge in [-0.2, -0.15) is 5.26 Å². The molecule has 5 rings (SSSR count). The summed E-state index contributed by atoms with van der Waals surface area (Å²) >= 11 is 3.58. The molecule has 0 fully saturated rings. The van der Waals surface area contributed by atoms with E-state index in [0.29, 0.717) is 36.0 Å². The molecule has 3 aromatic carbocycles. The number of nitrogens with one attached hydrogen (secondary N) is 1. The molecule has 36 heavy (non-hydrogen) atoms. The van der Waals surface area contributed by atoms with Crippen LogP contribution in [0.15, 0.2) is 88.7 Å². The summed E-state index contributed by atoms with van der Waals surface area (Å²) in [6.45, 7) is 2.90. The molecule has 0 aliphatic carbocycles. The fourth-order valence-corrected chi connectivity index (χ4v) is 4.65.